The summed E-state index contributed by atoms with van der Waals surface area (Å²) in [5.41, 5.74) is 6.69. The first-order valence-electron chi connectivity index (χ1n) is 7.97. The number of aryl methyl sites for hydroxylation is 4. The highest BCUT2D eigenvalue weighted by molar-refractivity contribution is 5.87. The van der Waals surface area contributed by atoms with E-state index in [4.69, 9.17) is 13.8 Å². The first-order chi connectivity index (χ1) is 11.6. The molecule has 0 saturated heterocycles. The summed E-state index contributed by atoms with van der Waals surface area (Å²) in [6.07, 6.45) is 0. The maximum atomic E-state index is 5.95. The molecule has 0 unspecified atom stereocenters. The van der Waals surface area contributed by atoms with Crippen LogP contribution in [0.15, 0.2) is 21.2 Å². The average molecular weight is 325 g/mol. The number of ether oxygens (including phenoxy) is 1. The second kappa shape index (κ2) is 5.40. The van der Waals surface area contributed by atoms with E-state index in [0.29, 0.717) is 6.61 Å². The van der Waals surface area contributed by atoms with Gasteiger partial charge in [0.05, 0.1) is 22.6 Å². The molecule has 0 amide bonds. The Hall–Kier alpha value is -2.76. The van der Waals surface area contributed by atoms with Crippen LogP contribution in [0.25, 0.3) is 22.3 Å². The summed E-state index contributed by atoms with van der Waals surface area (Å²) in [5.74, 6) is 2.42. The van der Waals surface area contributed by atoms with E-state index in [1.54, 1.807) is 0 Å². The molecule has 6 nitrogen and oxygen atoms in total. The topological polar surface area (TPSA) is 73.3 Å². The first-order valence-corrected chi connectivity index (χ1v) is 7.97. The summed E-state index contributed by atoms with van der Waals surface area (Å²) in [6, 6.07) is 4.19. The summed E-state index contributed by atoms with van der Waals surface area (Å²) in [7, 11) is 0. The Morgan fingerprint density at radius 2 is 1.58 bits per heavy atom. The Morgan fingerprint density at radius 1 is 0.917 bits per heavy atom. The number of rotatable bonds is 2. The van der Waals surface area contributed by atoms with Crippen LogP contribution in [0.1, 0.15) is 22.9 Å². The summed E-state index contributed by atoms with van der Waals surface area (Å²) in [4.78, 5) is 0. The molecule has 6 heteroatoms. The van der Waals surface area contributed by atoms with E-state index >= 15 is 0 Å². The fourth-order valence-corrected chi connectivity index (χ4v) is 3.35. The minimum absolute atomic E-state index is 0.633. The number of hydrogen-bond donors (Lipinski definition) is 1. The number of fused-ring (bicyclic) bond motifs is 1. The van der Waals surface area contributed by atoms with Gasteiger partial charge < -0.3 is 19.1 Å². The molecule has 0 radical (unpaired) electrons. The van der Waals surface area contributed by atoms with Crippen molar-refractivity contribution in [3.05, 3.63) is 35.0 Å². The molecule has 3 aromatic rings. The molecular weight excluding hydrogens is 306 g/mol. The van der Waals surface area contributed by atoms with E-state index in [1.807, 2.05) is 27.7 Å². The lowest BCUT2D eigenvalue weighted by molar-refractivity contribution is 0.324. The van der Waals surface area contributed by atoms with E-state index in [0.717, 1.165) is 63.1 Å². The lowest BCUT2D eigenvalue weighted by Crippen LogP contribution is -2.18. The SMILES string of the molecule is Cc1noc(C)c1-c1cc2c(c(-c3c(C)noc3C)c1)OCCN2. The molecular formula is C18H19N3O3. The summed E-state index contributed by atoms with van der Waals surface area (Å²) < 4.78 is 16.7. The number of nitrogens with one attached hydrogen (secondary N) is 1. The Balaban J connectivity index is 2.01. The van der Waals surface area contributed by atoms with Crippen molar-refractivity contribution in [3.63, 3.8) is 0 Å². The molecule has 0 spiro atoms. The van der Waals surface area contributed by atoms with Gasteiger partial charge in [0.2, 0.25) is 0 Å². The van der Waals surface area contributed by atoms with E-state index in [-0.39, 0.29) is 0 Å². The van der Waals surface area contributed by atoms with Gasteiger partial charge in [0.1, 0.15) is 18.1 Å². The zero-order valence-corrected chi connectivity index (χ0v) is 14.2. The number of nitrogens with zero attached hydrogens (tertiary/aromatic N) is 2. The Morgan fingerprint density at radius 3 is 2.21 bits per heavy atom. The van der Waals surface area contributed by atoms with E-state index in [2.05, 4.69) is 27.8 Å². The van der Waals surface area contributed by atoms with Gasteiger partial charge in [-0.2, -0.15) is 0 Å². The molecule has 3 heterocycles. The molecule has 1 aromatic carbocycles. The standard InChI is InChI=1S/C18H19N3O3/c1-9-16(11(3)23-20-9)13-7-14(17-10(2)21-24-12(17)4)18-15(8-13)19-5-6-22-18/h7-8,19H,5-6H2,1-4H3. The van der Waals surface area contributed by atoms with Gasteiger partial charge in [-0.25, -0.2) is 0 Å². The van der Waals surface area contributed by atoms with Crippen LogP contribution >= 0.6 is 0 Å². The number of hydrogen-bond acceptors (Lipinski definition) is 6. The van der Waals surface area contributed by atoms with Crippen LogP contribution in [0.2, 0.25) is 0 Å². The molecule has 4 rings (SSSR count). The van der Waals surface area contributed by atoms with Crippen molar-refractivity contribution in [3.8, 4) is 28.0 Å². The minimum Gasteiger partial charge on any atom is -0.489 e. The van der Waals surface area contributed by atoms with Gasteiger partial charge in [-0.05, 0) is 45.4 Å². The molecule has 24 heavy (non-hydrogen) atoms. The largest absolute Gasteiger partial charge is 0.489 e. The molecule has 0 fully saturated rings. The van der Waals surface area contributed by atoms with Crippen LogP contribution in [0.5, 0.6) is 5.75 Å². The maximum absolute atomic E-state index is 5.95. The highest BCUT2D eigenvalue weighted by Crippen LogP contribution is 2.44. The molecule has 0 aliphatic carbocycles. The van der Waals surface area contributed by atoms with Crippen LogP contribution in [0.3, 0.4) is 0 Å². The smallest absolute Gasteiger partial charge is 0.150 e. The Labute approximate surface area is 139 Å². The van der Waals surface area contributed by atoms with Gasteiger partial charge in [-0.15, -0.1) is 0 Å². The average Bonchev–Trinajstić information content (AvgIpc) is 3.08. The highest BCUT2D eigenvalue weighted by Gasteiger charge is 2.24. The van der Waals surface area contributed by atoms with Crippen molar-refractivity contribution in [1.82, 2.24) is 10.3 Å². The van der Waals surface area contributed by atoms with E-state index in [1.165, 1.54) is 0 Å². The molecule has 0 saturated carbocycles. The van der Waals surface area contributed by atoms with Gasteiger partial charge in [-0.1, -0.05) is 10.3 Å². The van der Waals surface area contributed by atoms with Gasteiger partial charge >= 0.3 is 0 Å². The maximum Gasteiger partial charge on any atom is 0.150 e. The fourth-order valence-electron chi connectivity index (χ4n) is 3.35. The summed E-state index contributed by atoms with van der Waals surface area (Å²) >= 11 is 0. The van der Waals surface area contributed by atoms with Crippen molar-refractivity contribution >= 4 is 5.69 Å². The molecule has 1 N–H and O–H groups in total. The van der Waals surface area contributed by atoms with Gasteiger partial charge in [0.25, 0.3) is 0 Å². The van der Waals surface area contributed by atoms with Gasteiger partial charge in [0, 0.05) is 17.7 Å². The number of benzene rings is 1. The number of anilines is 1. The van der Waals surface area contributed by atoms with E-state index < -0.39 is 0 Å². The third kappa shape index (κ3) is 2.18. The monoisotopic (exact) mass is 325 g/mol. The van der Waals surface area contributed by atoms with E-state index in [9.17, 15) is 0 Å². The zero-order chi connectivity index (χ0) is 16.8. The molecule has 124 valence electrons. The molecule has 1 aliphatic heterocycles. The summed E-state index contributed by atoms with van der Waals surface area (Å²) in [6.45, 7) is 9.14. The predicted molar refractivity (Wildman–Crippen MR) is 90.4 cm³/mol. The fraction of sp³-hybridized carbons (Fsp3) is 0.333. The highest BCUT2D eigenvalue weighted by atomic mass is 16.5. The normalized spacial score (nSPS) is 13.3. The van der Waals surface area contributed by atoms with Crippen LogP contribution < -0.4 is 10.1 Å². The molecule has 0 atom stereocenters. The first kappa shape index (κ1) is 14.8. The van der Waals surface area contributed by atoms with Crippen LogP contribution in [0.4, 0.5) is 5.69 Å². The van der Waals surface area contributed by atoms with Gasteiger partial charge in [0.15, 0.2) is 5.75 Å². The summed E-state index contributed by atoms with van der Waals surface area (Å²) in [5, 5.41) is 11.6. The third-order valence-corrected chi connectivity index (χ3v) is 4.38. The molecule has 0 bridgehead atoms. The lowest BCUT2D eigenvalue weighted by atomic mass is 9.95. The molecule has 2 aromatic heterocycles. The van der Waals surface area contributed by atoms with Crippen molar-refractivity contribution < 1.29 is 13.8 Å². The number of aromatic nitrogens is 2. The Kier molecular flexibility index (Phi) is 3.33. The lowest BCUT2D eigenvalue weighted by Gasteiger charge is -2.23. The zero-order valence-electron chi connectivity index (χ0n) is 14.2. The predicted octanol–water partition coefficient (Wildman–Crippen LogP) is 4.03. The minimum atomic E-state index is 0.633. The third-order valence-electron chi connectivity index (χ3n) is 4.38. The van der Waals surface area contributed by atoms with Crippen molar-refractivity contribution in [2.24, 2.45) is 0 Å². The Bertz CT molecular complexity index is 885. The van der Waals surface area contributed by atoms with Crippen LogP contribution in [-0.2, 0) is 0 Å². The van der Waals surface area contributed by atoms with Gasteiger partial charge in [-0.3, -0.25) is 0 Å². The van der Waals surface area contributed by atoms with Crippen LogP contribution in [0, 0.1) is 27.7 Å². The van der Waals surface area contributed by atoms with Crippen molar-refractivity contribution in [2.75, 3.05) is 18.5 Å². The second-order valence-electron chi connectivity index (χ2n) is 6.07. The quantitative estimate of drug-likeness (QED) is 0.766. The van der Waals surface area contributed by atoms with Crippen molar-refractivity contribution in [2.45, 2.75) is 27.7 Å². The molecule has 1 aliphatic rings. The van der Waals surface area contributed by atoms with Crippen LogP contribution in [-0.4, -0.2) is 23.5 Å². The second-order valence-corrected chi connectivity index (χ2v) is 6.07. The van der Waals surface area contributed by atoms with Crippen molar-refractivity contribution in [1.29, 1.82) is 0 Å².